The van der Waals surface area contributed by atoms with Gasteiger partial charge in [-0.15, -0.1) is 0 Å². The summed E-state index contributed by atoms with van der Waals surface area (Å²) in [5.74, 6) is 0. The summed E-state index contributed by atoms with van der Waals surface area (Å²) < 4.78 is 0. The zero-order valence-electron chi connectivity index (χ0n) is 9.80. The molecule has 0 aliphatic heterocycles. The fourth-order valence-corrected chi connectivity index (χ4v) is 3.07. The Bertz CT molecular complexity index is 221. The molecule has 2 rings (SSSR count). The van der Waals surface area contributed by atoms with Crippen molar-refractivity contribution in [3.05, 3.63) is 11.6 Å². The molecule has 0 bridgehead atoms. The minimum absolute atomic E-state index is 0.416. The zero-order chi connectivity index (χ0) is 10.6. The second-order valence-electron chi connectivity index (χ2n) is 5.27. The maximum absolute atomic E-state index is 10.7. The molecule has 1 saturated carbocycles. The van der Waals surface area contributed by atoms with E-state index in [4.69, 9.17) is 0 Å². The highest BCUT2D eigenvalue weighted by Crippen LogP contribution is 2.36. The molecule has 0 aromatic heterocycles. The number of hydrogen-bond acceptors (Lipinski definition) is 1. The van der Waals surface area contributed by atoms with Gasteiger partial charge in [0, 0.05) is 0 Å². The van der Waals surface area contributed by atoms with Crippen LogP contribution in [0.3, 0.4) is 0 Å². The summed E-state index contributed by atoms with van der Waals surface area (Å²) in [7, 11) is 0. The van der Waals surface area contributed by atoms with Crippen LogP contribution in [0.5, 0.6) is 0 Å². The smallest absolute Gasteiger partial charge is 0.0856 e. The van der Waals surface area contributed by atoms with Crippen LogP contribution in [0, 0.1) is 0 Å². The Morgan fingerprint density at radius 3 is 2.27 bits per heavy atom. The van der Waals surface area contributed by atoms with E-state index in [0.29, 0.717) is 0 Å². The van der Waals surface area contributed by atoms with E-state index in [-0.39, 0.29) is 0 Å². The first kappa shape index (κ1) is 11.2. The Morgan fingerprint density at radius 1 is 0.867 bits per heavy atom. The van der Waals surface area contributed by atoms with Gasteiger partial charge in [-0.2, -0.15) is 0 Å². The van der Waals surface area contributed by atoms with Crippen LogP contribution in [0.2, 0.25) is 0 Å². The summed E-state index contributed by atoms with van der Waals surface area (Å²) in [6.07, 6.45) is 15.7. The van der Waals surface area contributed by atoms with E-state index in [1.54, 1.807) is 0 Å². The Kier molecular flexibility index (Phi) is 3.85. The molecule has 0 heterocycles. The van der Waals surface area contributed by atoms with Gasteiger partial charge in [0.05, 0.1) is 5.60 Å². The molecule has 0 aromatic rings. The van der Waals surface area contributed by atoms with Gasteiger partial charge in [0.1, 0.15) is 0 Å². The summed E-state index contributed by atoms with van der Waals surface area (Å²) in [4.78, 5) is 0. The maximum Gasteiger partial charge on any atom is 0.0856 e. The second kappa shape index (κ2) is 5.16. The summed E-state index contributed by atoms with van der Waals surface area (Å²) in [6.45, 7) is 0. The van der Waals surface area contributed by atoms with Crippen molar-refractivity contribution in [1.82, 2.24) is 0 Å². The highest BCUT2D eigenvalue weighted by atomic mass is 16.3. The summed E-state index contributed by atoms with van der Waals surface area (Å²) in [5, 5.41) is 10.7. The molecule has 1 nitrogen and oxygen atoms in total. The fourth-order valence-electron chi connectivity index (χ4n) is 3.07. The van der Waals surface area contributed by atoms with E-state index in [0.717, 1.165) is 19.3 Å². The van der Waals surface area contributed by atoms with Gasteiger partial charge < -0.3 is 5.11 Å². The predicted molar refractivity (Wildman–Crippen MR) is 63.8 cm³/mol. The SMILES string of the molecule is OC1(C2=CCCCCC2)CCCCCC1. The molecule has 0 unspecified atom stereocenters. The first-order valence-corrected chi connectivity index (χ1v) is 6.73. The lowest BCUT2D eigenvalue weighted by molar-refractivity contribution is 0.0585. The third-order valence-corrected chi connectivity index (χ3v) is 4.07. The molecular formula is C14H24O. The maximum atomic E-state index is 10.7. The lowest BCUT2D eigenvalue weighted by Gasteiger charge is -2.29. The Morgan fingerprint density at radius 2 is 1.53 bits per heavy atom. The van der Waals surface area contributed by atoms with E-state index in [1.807, 2.05) is 0 Å². The standard InChI is InChI=1S/C14H24O/c15-14(11-7-3-4-8-12-14)13-9-5-1-2-6-10-13/h9,15H,1-8,10-12H2. The Labute approximate surface area is 93.6 Å². The third kappa shape index (κ3) is 2.84. The molecule has 2 aliphatic rings. The zero-order valence-corrected chi connectivity index (χ0v) is 9.80. The number of rotatable bonds is 1. The van der Waals surface area contributed by atoms with E-state index < -0.39 is 5.60 Å². The monoisotopic (exact) mass is 208 g/mol. The molecule has 2 aliphatic carbocycles. The van der Waals surface area contributed by atoms with Crippen molar-refractivity contribution in [3.63, 3.8) is 0 Å². The molecule has 0 aromatic carbocycles. The molecule has 0 radical (unpaired) electrons. The van der Waals surface area contributed by atoms with Crippen molar-refractivity contribution in [3.8, 4) is 0 Å². The quantitative estimate of drug-likeness (QED) is 0.511. The average Bonchev–Trinajstić information content (AvgIpc) is 2.60. The van der Waals surface area contributed by atoms with Gasteiger partial charge in [-0.3, -0.25) is 0 Å². The van der Waals surface area contributed by atoms with Crippen LogP contribution in [0.1, 0.15) is 70.6 Å². The van der Waals surface area contributed by atoms with Gasteiger partial charge in [-0.25, -0.2) is 0 Å². The van der Waals surface area contributed by atoms with E-state index >= 15 is 0 Å². The van der Waals surface area contributed by atoms with Gasteiger partial charge in [0.2, 0.25) is 0 Å². The van der Waals surface area contributed by atoms with Crippen LogP contribution < -0.4 is 0 Å². The van der Waals surface area contributed by atoms with Crippen LogP contribution in [0.15, 0.2) is 11.6 Å². The lowest BCUT2D eigenvalue weighted by Crippen LogP contribution is -2.30. The third-order valence-electron chi connectivity index (χ3n) is 4.07. The van der Waals surface area contributed by atoms with E-state index in [2.05, 4.69) is 6.08 Å². The van der Waals surface area contributed by atoms with Crippen molar-refractivity contribution in [1.29, 1.82) is 0 Å². The molecule has 1 fully saturated rings. The highest BCUT2D eigenvalue weighted by Gasteiger charge is 2.31. The van der Waals surface area contributed by atoms with Crippen molar-refractivity contribution >= 4 is 0 Å². The van der Waals surface area contributed by atoms with Crippen LogP contribution in [0.25, 0.3) is 0 Å². The molecule has 0 atom stereocenters. The van der Waals surface area contributed by atoms with Gasteiger partial charge in [-0.05, 0) is 44.1 Å². The van der Waals surface area contributed by atoms with Crippen LogP contribution >= 0.6 is 0 Å². The van der Waals surface area contributed by atoms with Crippen molar-refractivity contribution < 1.29 is 5.11 Å². The summed E-state index contributed by atoms with van der Waals surface area (Å²) in [6, 6.07) is 0. The molecule has 1 N–H and O–H groups in total. The molecule has 0 spiro atoms. The number of hydrogen-bond donors (Lipinski definition) is 1. The van der Waals surface area contributed by atoms with Crippen LogP contribution in [0.4, 0.5) is 0 Å². The summed E-state index contributed by atoms with van der Waals surface area (Å²) in [5.41, 5.74) is 0.961. The average molecular weight is 208 g/mol. The highest BCUT2D eigenvalue weighted by molar-refractivity contribution is 5.18. The summed E-state index contributed by atoms with van der Waals surface area (Å²) >= 11 is 0. The lowest BCUT2D eigenvalue weighted by atomic mass is 9.84. The minimum Gasteiger partial charge on any atom is -0.386 e. The number of aliphatic hydroxyl groups is 1. The normalized spacial score (nSPS) is 27.7. The second-order valence-corrected chi connectivity index (χ2v) is 5.27. The Balaban J connectivity index is 2.07. The van der Waals surface area contributed by atoms with E-state index in [1.165, 1.54) is 56.9 Å². The topological polar surface area (TPSA) is 20.2 Å². The minimum atomic E-state index is -0.416. The van der Waals surface area contributed by atoms with Gasteiger partial charge >= 0.3 is 0 Å². The first-order valence-electron chi connectivity index (χ1n) is 6.73. The van der Waals surface area contributed by atoms with E-state index in [9.17, 15) is 5.11 Å². The van der Waals surface area contributed by atoms with Gasteiger partial charge in [0.15, 0.2) is 0 Å². The molecular weight excluding hydrogens is 184 g/mol. The Hall–Kier alpha value is -0.300. The fraction of sp³-hybridized carbons (Fsp3) is 0.857. The van der Waals surface area contributed by atoms with Gasteiger partial charge in [0.25, 0.3) is 0 Å². The molecule has 0 amide bonds. The molecule has 0 saturated heterocycles. The van der Waals surface area contributed by atoms with Crippen LogP contribution in [-0.2, 0) is 0 Å². The van der Waals surface area contributed by atoms with Gasteiger partial charge in [-0.1, -0.05) is 38.2 Å². The number of allylic oxidation sites excluding steroid dienone is 1. The van der Waals surface area contributed by atoms with Crippen molar-refractivity contribution in [2.24, 2.45) is 0 Å². The molecule has 1 heteroatoms. The largest absolute Gasteiger partial charge is 0.386 e. The van der Waals surface area contributed by atoms with Crippen LogP contribution in [-0.4, -0.2) is 10.7 Å². The first-order chi connectivity index (χ1) is 7.31. The molecule has 86 valence electrons. The molecule has 15 heavy (non-hydrogen) atoms. The van der Waals surface area contributed by atoms with Crippen molar-refractivity contribution in [2.75, 3.05) is 0 Å². The van der Waals surface area contributed by atoms with Crippen molar-refractivity contribution in [2.45, 2.75) is 76.2 Å². The predicted octanol–water partition coefficient (Wildman–Crippen LogP) is 3.96.